The number of pyridine rings is 1. The third-order valence-corrected chi connectivity index (χ3v) is 4.52. The van der Waals surface area contributed by atoms with Gasteiger partial charge >= 0.3 is 0 Å². The molecule has 1 heterocycles. The SMILES string of the molecule is BCc1cc2ccc(C(=C)C(/C(N)=N\C=C)=C(/C)N(C)S)c(F)c2cn1. The molecule has 2 N–H and O–H groups in total. The van der Waals surface area contributed by atoms with Crippen molar-refractivity contribution in [1.29, 1.82) is 0 Å². The number of nitrogens with two attached hydrogens (primary N) is 1. The molecule has 2 rings (SSSR count). The largest absolute Gasteiger partial charge is 0.383 e. The molecule has 0 aliphatic rings. The lowest BCUT2D eigenvalue weighted by molar-refractivity contribution is 0.635. The number of allylic oxidation sites excluding steroid dienone is 1. The predicted molar refractivity (Wildman–Crippen MR) is 114 cm³/mol. The Morgan fingerprint density at radius 1 is 1.50 bits per heavy atom. The van der Waals surface area contributed by atoms with Crippen LogP contribution >= 0.6 is 12.8 Å². The lowest BCUT2D eigenvalue weighted by atomic mass is 9.93. The van der Waals surface area contributed by atoms with Crippen molar-refractivity contribution in [1.82, 2.24) is 9.29 Å². The van der Waals surface area contributed by atoms with Crippen molar-refractivity contribution in [3.63, 3.8) is 0 Å². The molecule has 2 aromatic rings. The number of halogens is 1. The highest BCUT2D eigenvalue weighted by Gasteiger charge is 2.19. The van der Waals surface area contributed by atoms with Crippen LogP contribution in [0.15, 0.2) is 60.0 Å². The number of rotatable bonds is 6. The lowest BCUT2D eigenvalue weighted by Gasteiger charge is -2.20. The Morgan fingerprint density at radius 2 is 2.19 bits per heavy atom. The molecule has 0 aliphatic heterocycles. The van der Waals surface area contributed by atoms with Crippen LogP contribution in [0.1, 0.15) is 18.2 Å². The van der Waals surface area contributed by atoms with Gasteiger partial charge in [0.05, 0.1) is 0 Å². The maximum Gasteiger partial charge on any atom is 0.140 e. The average Bonchev–Trinajstić information content (AvgIpc) is 2.61. The van der Waals surface area contributed by atoms with Crippen LogP contribution in [0.25, 0.3) is 16.3 Å². The van der Waals surface area contributed by atoms with Gasteiger partial charge in [-0.3, -0.25) is 4.98 Å². The molecular formula is C19H22BFN4S. The number of fused-ring (bicyclic) bond motifs is 1. The Bertz CT molecular complexity index is 935. The summed E-state index contributed by atoms with van der Waals surface area (Å²) in [5.74, 6) is -0.191. The predicted octanol–water partition coefficient (Wildman–Crippen LogP) is 3.07. The fourth-order valence-electron chi connectivity index (χ4n) is 2.67. The van der Waals surface area contributed by atoms with Crippen LogP contribution in [0.5, 0.6) is 0 Å². The van der Waals surface area contributed by atoms with E-state index < -0.39 is 0 Å². The second kappa shape index (κ2) is 8.23. The number of hydrogen-bond acceptors (Lipinski definition) is 4. The molecule has 4 nitrogen and oxygen atoms in total. The van der Waals surface area contributed by atoms with Crippen molar-refractivity contribution in [2.24, 2.45) is 10.7 Å². The molecule has 26 heavy (non-hydrogen) atoms. The Hall–Kier alpha value is -2.54. The molecular weight excluding hydrogens is 346 g/mol. The monoisotopic (exact) mass is 368 g/mol. The molecule has 0 radical (unpaired) electrons. The maximum atomic E-state index is 15.2. The van der Waals surface area contributed by atoms with Crippen LogP contribution in [0.4, 0.5) is 4.39 Å². The molecule has 0 saturated heterocycles. The molecule has 1 aromatic carbocycles. The molecule has 0 unspecified atom stereocenters. The van der Waals surface area contributed by atoms with E-state index in [0.29, 0.717) is 27.8 Å². The number of benzene rings is 1. The Morgan fingerprint density at radius 3 is 2.77 bits per heavy atom. The van der Waals surface area contributed by atoms with Gasteiger partial charge < -0.3 is 10.0 Å². The average molecular weight is 368 g/mol. The van der Waals surface area contributed by atoms with E-state index >= 15 is 4.39 Å². The molecule has 0 saturated carbocycles. The van der Waals surface area contributed by atoms with Crippen LogP contribution in [0.3, 0.4) is 0 Å². The minimum atomic E-state index is -0.388. The molecule has 7 heteroatoms. The lowest BCUT2D eigenvalue weighted by Crippen LogP contribution is -2.20. The first-order valence-electron chi connectivity index (χ1n) is 8.16. The van der Waals surface area contributed by atoms with Crippen molar-refractivity contribution in [3.05, 3.63) is 72.1 Å². The van der Waals surface area contributed by atoms with Gasteiger partial charge in [-0.05, 0) is 30.3 Å². The zero-order valence-electron chi connectivity index (χ0n) is 15.3. The van der Waals surface area contributed by atoms with Gasteiger partial charge in [-0.1, -0.05) is 38.1 Å². The number of nitrogens with zero attached hydrogens (tertiary/aromatic N) is 3. The maximum absolute atomic E-state index is 15.2. The van der Waals surface area contributed by atoms with Gasteiger partial charge in [0.2, 0.25) is 0 Å². The second-order valence-corrected chi connectivity index (χ2v) is 6.44. The van der Waals surface area contributed by atoms with Crippen LogP contribution in [0.2, 0.25) is 0 Å². The summed E-state index contributed by atoms with van der Waals surface area (Å²) in [5.41, 5.74) is 8.96. The van der Waals surface area contributed by atoms with Crippen molar-refractivity contribution >= 4 is 42.8 Å². The van der Waals surface area contributed by atoms with Crippen molar-refractivity contribution in [3.8, 4) is 0 Å². The van der Waals surface area contributed by atoms with Crippen molar-refractivity contribution in [2.45, 2.75) is 13.2 Å². The summed E-state index contributed by atoms with van der Waals surface area (Å²) >= 11 is 4.30. The molecule has 0 aliphatic carbocycles. The van der Waals surface area contributed by atoms with Gasteiger partial charge in [0.1, 0.15) is 19.5 Å². The molecule has 0 amide bonds. The molecule has 134 valence electrons. The molecule has 0 atom stereocenters. The second-order valence-electron chi connectivity index (χ2n) is 5.84. The Balaban J connectivity index is 2.66. The summed E-state index contributed by atoms with van der Waals surface area (Å²) in [4.78, 5) is 8.33. The van der Waals surface area contributed by atoms with E-state index in [1.807, 2.05) is 26.9 Å². The summed E-state index contributed by atoms with van der Waals surface area (Å²) in [5, 5.41) is 1.24. The van der Waals surface area contributed by atoms with Gasteiger partial charge in [0, 0.05) is 47.4 Å². The first kappa shape index (κ1) is 19.8. The first-order chi connectivity index (χ1) is 12.3. The third kappa shape index (κ3) is 3.83. The van der Waals surface area contributed by atoms with Gasteiger partial charge in [-0.2, -0.15) is 0 Å². The minimum Gasteiger partial charge on any atom is -0.383 e. The van der Waals surface area contributed by atoms with E-state index in [4.69, 9.17) is 5.73 Å². The summed E-state index contributed by atoms with van der Waals surface area (Å²) < 4.78 is 16.8. The van der Waals surface area contributed by atoms with E-state index in [1.165, 1.54) is 6.20 Å². The van der Waals surface area contributed by atoms with Crippen molar-refractivity contribution < 1.29 is 4.39 Å². The van der Waals surface area contributed by atoms with Crippen LogP contribution in [-0.4, -0.2) is 30.0 Å². The number of aliphatic imine (C=N–C) groups is 1. The summed E-state index contributed by atoms with van der Waals surface area (Å²) in [6.07, 6.45) is 3.69. The zero-order valence-corrected chi connectivity index (χ0v) is 16.1. The molecule has 0 spiro atoms. The topological polar surface area (TPSA) is 54.5 Å². The summed E-state index contributed by atoms with van der Waals surface area (Å²) in [7, 11) is 3.76. The Labute approximate surface area is 160 Å². The van der Waals surface area contributed by atoms with E-state index in [0.717, 1.165) is 17.4 Å². The highest BCUT2D eigenvalue weighted by molar-refractivity contribution is 7.77. The quantitative estimate of drug-likeness (QED) is 0.271. The highest BCUT2D eigenvalue weighted by Crippen LogP contribution is 2.31. The van der Waals surface area contributed by atoms with Crippen LogP contribution in [0, 0.1) is 5.82 Å². The molecule has 0 fully saturated rings. The minimum absolute atomic E-state index is 0.197. The fourth-order valence-corrected chi connectivity index (χ4v) is 2.77. The zero-order chi connectivity index (χ0) is 19.4. The highest BCUT2D eigenvalue weighted by atomic mass is 32.1. The van der Waals surface area contributed by atoms with E-state index in [1.54, 1.807) is 23.6 Å². The van der Waals surface area contributed by atoms with Crippen molar-refractivity contribution in [2.75, 3.05) is 7.05 Å². The summed E-state index contributed by atoms with van der Waals surface area (Å²) in [6, 6.07) is 5.45. The molecule has 1 aromatic heterocycles. The molecule has 0 bridgehead atoms. The van der Waals surface area contributed by atoms with E-state index in [2.05, 4.69) is 35.9 Å². The summed E-state index contributed by atoms with van der Waals surface area (Å²) in [6.45, 7) is 9.43. The van der Waals surface area contributed by atoms with Crippen LogP contribution < -0.4 is 5.73 Å². The van der Waals surface area contributed by atoms with Gasteiger partial charge in [-0.15, -0.1) is 0 Å². The van der Waals surface area contributed by atoms with E-state index in [-0.39, 0.29) is 11.7 Å². The van der Waals surface area contributed by atoms with Crippen LogP contribution in [-0.2, 0) is 6.32 Å². The van der Waals surface area contributed by atoms with Gasteiger partial charge in [-0.25, -0.2) is 9.38 Å². The Kier molecular flexibility index (Phi) is 6.26. The smallest absolute Gasteiger partial charge is 0.140 e. The normalized spacial score (nSPS) is 12.7. The van der Waals surface area contributed by atoms with Gasteiger partial charge in [0.15, 0.2) is 0 Å². The number of thiol groups is 1. The fraction of sp³-hybridized carbons (Fsp3) is 0.158. The van der Waals surface area contributed by atoms with E-state index in [9.17, 15) is 0 Å². The number of amidine groups is 1. The number of hydrogen-bond donors (Lipinski definition) is 2. The van der Waals surface area contributed by atoms with Gasteiger partial charge in [0.25, 0.3) is 0 Å². The third-order valence-electron chi connectivity index (χ3n) is 4.22. The standard InChI is InChI=1S/C19H22BFN4S/c1-5-23-19(22)17(12(3)25(4)26)11(2)15-7-6-13-8-14(9-20)24-10-16(13)18(15)21/h5-8,10,26H,1-2,9,20H2,3-4H3,(H2,22,23)/b17-12+. The first-order valence-corrected chi connectivity index (χ1v) is 8.56. The number of aromatic nitrogens is 1.